The van der Waals surface area contributed by atoms with Crippen LogP contribution >= 0.6 is 0 Å². The lowest BCUT2D eigenvalue weighted by atomic mass is 10.1. The molecule has 0 heterocycles. The molecule has 1 saturated carbocycles. The fourth-order valence-corrected chi connectivity index (χ4v) is 2.45. The quantitative estimate of drug-likeness (QED) is 0.618. The molecule has 22 heavy (non-hydrogen) atoms. The summed E-state index contributed by atoms with van der Waals surface area (Å²) in [5.41, 5.74) is 0.464. The van der Waals surface area contributed by atoms with Gasteiger partial charge in [-0.05, 0) is 25.0 Å². The number of hydrogen-bond acceptors (Lipinski definition) is 3. The molecule has 1 fully saturated rings. The molecule has 2 aromatic carbocycles. The Hall–Kier alpha value is -2.50. The van der Waals surface area contributed by atoms with Gasteiger partial charge >= 0.3 is 0 Å². The molecule has 0 radical (unpaired) electrons. The van der Waals surface area contributed by atoms with Crippen molar-refractivity contribution in [2.75, 3.05) is 4.90 Å². The molecule has 0 aromatic heterocycles. The van der Waals surface area contributed by atoms with Crippen molar-refractivity contribution in [1.29, 1.82) is 0 Å². The van der Waals surface area contributed by atoms with Crippen LogP contribution in [-0.2, 0) is 6.54 Å². The molecule has 4 nitrogen and oxygen atoms in total. The SMILES string of the molecule is O=[N+]([O-])c1ccc(N(Cc2ccccc2F)C2CC2)c(F)c1. The predicted octanol–water partition coefficient (Wildman–Crippen LogP) is 4.04. The predicted molar refractivity (Wildman–Crippen MR) is 78.7 cm³/mol. The highest BCUT2D eigenvalue weighted by Crippen LogP contribution is 2.35. The zero-order valence-electron chi connectivity index (χ0n) is 11.7. The summed E-state index contributed by atoms with van der Waals surface area (Å²) in [5, 5.41) is 10.7. The summed E-state index contributed by atoms with van der Waals surface area (Å²) in [5.74, 6) is -0.993. The van der Waals surface area contributed by atoms with Gasteiger partial charge in [0, 0.05) is 24.2 Å². The maximum absolute atomic E-state index is 14.2. The van der Waals surface area contributed by atoms with Crippen molar-refractivity contribution in [1.82, 2.24) is 0 Å². The second-order valence-electron chi connectivity index (χ2n) is 5.34. The van der Waals surface area contributed by atoms with E-state index in [1.165, 1.54) is 18.2 Å². The van der Waals surface area contributed by atoms with Crippen LogP contribution in [0.1, 0.15) is 18.4 Å². The van der Waals surface area contributed by atoms with Gasteiger partial charge in [0.05, 0.1) is 16.7 Å². The number of nitro groups is 1. The van der Waals surface area contributed by atoms with Crippen LogP contribution < -0.4 is 4.90 Å². The zero-order valence-corrected chi connectivity index (χ0v) is 11.7. The van der Waals surface area contributed by atoms with Crippen molar-refractivity contribution in [2.45, 2.75) is 25.4 Å². The van der Waals surface area contributed by atoms with Gasteiger partial charge in [-0.2, -0.15) is 0 Å². The molecular weight excluding hydrogens is 290 g/mol. The molecule has 3 rings (SSSR count). The van der Waals surface area contributed by atoms with E-state index < -0.39 is 10.7 Å². The van der Waals surface area contributed by atoms with Gasteiger partial charge in [0.25, 0.3) is 5.69 Å². The second-order valence-corrected chi connectivity index (χ2v) is 5.34. The van der Waals surface area contributed by atoms with Crippen LogP contribution in [0.3, 0.4) is 0 Å². The molecule has 0 aliphatic heterocycles. The molecular formula is C16H14F2N2O2. The normalized spacial score (nSPS) is 13.9. The standard InChI is InChI=1S/C16H14F2N2O2/c17-14-4-2-1-3-11(14)10-19(12-5-6-12)16-8-7-13(20(21)22)9-15(16)18/h1-4,7-9,12H,5-6,10H2. The summed E-state index contributed by atoms with van der Waals surface area (Å²) in [7, 11) is 0. The van der Waals surface area contributed by atoms with E-state index in [0.717, 1.165) is 18.9 Å². The molecule has 1 aliphatic rings. The Morgan fingerprint density at radius 1 is 1.14 bits per heavy atom. The molecule has 0 bridgehead atoms. The summed E-state index contributed by atoms with van der Waals surface area (Å²) >= 11 is 0. The van der Waals surface area contributed by atoms with E-state index in [1.807, 2.05) is 0 Å². The summed E-state index contributed by atoms with van der Waals surface area (Å²) in [6.07, 6.45) is 1.82. The third-order valence-electron chi connectivity index (χ3n) is 3.74. The monoisotopic (exact) mass is 304 g/mol. The second kappa shape index (κ2) is 5.71. The lowest BCUT2D eigenvalue weighted by Crippen LogP contribution is -2.26. The fourth-order valence-electron chi connectivity index (χ4n) is 2.45. The Balaban J connectivity index is 1.92. The minimum absolute atomic E-state index is 0.149. The van der Waals surface area contributed by atoms with Crippen molar-refractivity contribution < 1.29 is 13.7 Å². The summed E-state index contributed by atoms with van der Waals surface area (Å²) in [4.78, 5) is 11.8. The van der Waals surface area contributed by atoms with Gasteiger partial charge < -0.3 is 4.90 Å². The molecule has 2 aromatic rings. The first-order valence-electron chi connectivity index (χ1n) is 7.00. The van der Waals surface area contributed by atoms with E-state index in [4.69, 9.17) is 0 Å². The first-order valence-corrected chi connectivity index (χ1v) is 7.00. The molecule has 0 atom stereocenters. The number of anilines is 1. The number of hydrogen-bond donors (Lipinski definition) is 0. The van der Waals surface area contributed by atoms with Crippen LogP contribution in [0.25, 0.3) is 0 Å². The maximum Gasteiger partial charge on any atom is 0.272 e. The molecule has 0 N–H and O–H groups in total. The molecule has 6 heteroatoms. The summed E-state index contributed by atoms with van der Waals surface area (Å²) in [6, 6.07) is 10.1. The fraction of sp³-hybridized carbons (Fsp3) is 0.250. The van der Waals surface area contributed by atoms with E-state index in [1.54, 1.807) is 23.1 Å². The van der Waals surface area contributed by atoms with Crippen molar-refractivity contribution in [3.05, 3.63) is 69.8 Å². The van der Waals surface area contributed by atoms with Gasteiger partial charge in [0.2, 0.25) is 0 Å². The van der Waals surface area contributed by atoms with E-state index in [2.05, 4.69) is 0 Å². The highest BCUT2D eigenvalue weighted by Gasteiger charge is 2.31. The van der Waals surface area contributed by atoms with Crippen molar-refractivity contribution in [3.8, 4) is 0 Å². The molecule has 0 spiro atoms. The first kappa shape index (κ1) is 14.4. The van der Waals surface area contributed by atoms with Crippen LogP contribution in [0.5, 0.6) is 0 Å². The lowest BCUT2D eigenvalue weighted by molar-refractivity contribution is -0.385. The van der Waals surface area contributed by atoms with Gasteiger partial charge in [-0.1, -0.05) is 18.2 Å². The third kappa shape index (κ3) is 2.90. The largest absolute Gasteiger partial charge is 0.362 e. The highest BCUT2D eigenvalue weighted by molar-refractivity contribution is 5.54. The van der Waals surface area contributed by atoms with E-state index in [-0.39, 0.29) is 29.8 Å². The number of halogens is 2. The molecule has 0 saturated heterocycles. The lowest BCUT2D eigenvalue weighted by Gasteiger charge is -2.25. The Morgan fingerprint density at radius 3 is 2.45 bits per heavy atom. The Kier molecular flexibility index (Phi) is 3.75. The molecule has 0 unspecified atom stereocenters. The number of benzene rings is 2. The highest BCUT2D eigenvalue weighted by atomic mass is 19.1. The van der Waals surface area contributed by atoms with Gasteiger partial charge in [0.1, 0.15) is 5.82 Å². The maximum atomic E-state index is 14.2. The third-order valence-corrected chi connectivity index (χ3v) is 3.74. The molecule has 0 amide bonds. The Labute approximate surface area is 126 Å². The topological polar surface area (TPSA) is 46.4 Å². The van der Waals surface area contributed by atoms with Gasteiger partial charge in [-0.3, -0.25) is 10.1 Å². The molecule has 114 valence electrons. The van der Waals surface area contributed by atoms with Gasteiger partial charge in [-0.25, -0.2) is 8.78 Å². The van der Waals surface area contributed by atoms with Crippen LogP contribution in [0.4, 0.5) is 20.2 Å². The van der Waals surface area contributed by atoms with Crippen molar-refractivity contribution in [2.24, 2.45) is 0 Å². The van der Waals surface area contributed by atoms with Gasteiger partial charge in [0.15, 0.2) is 5.82 Å². The smallest absolute Gasteiger partial charge is 0.272 e. The average molecular weight is 304 g/mol. The molecule has 1 aliphatic carbocycles. The summed E-state index contributed by atoms with van der Waals surface area (Å²) < 4.78 is 28.0. The number of nitro benzene ring substituents is 1. The van der Waals surface area contributed by atoms with Crippen molar-refractivity contribution >= 4 is 11.4 Å². The van der Waals surface area contributed by atoms with E-state index >= 15 is 0 Å². The van der Waals surface area contributed by atoms with E-state index in [9.17, 15) is 18.9 Å². The average Bonchev–Trinajstić information content (AvgIpc) is 3.31. The number of rotatable bonds is 5. The Morgan fingerprint density at radius 2 is 1.86 bits per heavy atom. The van der Waals surface area contributed by atoms with Crippen LogP contribution in [0, 0.1) is 21.7 Å². The minimum atomic E-state index is -0.655. The minimum Gasteiger partial charge on any atom is -0.362 e. The van der Waals surface area contributed by atoms with Crippen LogP contribution in [-0.4, -0.2) is 11.0 Å². The van der Waals surface area contributed by atoms with Crippen LogP contribution in [0.2, 0.25) is 0 Å². The van der Waals surface area contributed by atoms with Gasteiger partial charge in [-0.15, -0.1) is 0 Å². The Bertz CT molecular complexity index is 717. The zero-order chi connectivity index (χ0) is 15.7. The van der Waals surface area contributed by atoms with E-state index in [0.29, 0.717) is 5.56 Å². The number of non-ortho nitro benzene ring substituents is 1. The number of nitrogens with zero attached hydrogens (tertiary/aromatic N) is 2. The first-order chi connectivity index (χ1) is 10.6. The van der Waals surface area contributed by atoms with Crippen molar-refractivity contribution in [3.63, 3.8) is 0 Å². The summed E-state index contributed by atoms with van der Waals surface area (Å²) in [6.45, 7) is 0.242. The van der Waals surface area contributed by atoms with Crippen LogP contribution in [0.15, 0.2) is 42.5 Å².